The quantitative estimate of drug-likeness (QED) is 0.560. The second-order valence-electron chi connectivity index (χ2n) is 3.36. The SMILES string of the molecule is Nc1cnc(C(=O)N[C@@H](CCC(=O)O)C(=O)O)s1. The van der Waals surface area contributed by atoms with Gasteiger partial charge < -0.3 is 21.3 Å². The highest BCUT2D eigenvalue weighted by molar-refractivity contribution is 7.17. The fourth-order valence-electron chi connectivity index (χ4n) is 1.14. The summed E-state index contributed by atoms with van der Waals surface area (Å²) in [5.74, 6) is -3.11. The number of nitrogens with one attached hydrogen (secondary N) is 1. The van der Waals surface area contributed by atoms with Crippen molar-refractivity contribution in [2.75, 3.05) is 5.73 Å². The summed E-state index contributed by atoms with van der Waals surface area (Å²) in [7, 11) is 0. The Balaban J connectivity index is 2.63. The average Bonchev–Trinajstić information content (AvgIpc) is 2.70. The Morgan fingerprint density at radius 3 is 2.56 bits per heavy atom. The third-order valence-corrected chi connectivity index (χ3v) is 2.79. The van der Waals surface area contributed by atoms with Gasteiger partial charge >= 0.3 is 11.9 Å². The summed E-state index contributed by atoms with van der Waals surface area (Å²) in [6.07, 6.45) is 0.737. The number of hydrogen-bond donors (Lipinski definition) is 4. The van der Waals surface area contributed by atoms with Crippen LogP contribution in [0.1, 0.15) is 22.6 Å². The lowest BCUT2D eigenvalue weighted by atomic mass is 10.1. The molecule has 0 aromatic carbocycles. The Morgan fingerprint density at radius 2 is 2.11 bits per heavy atom. The molecule has 1 amide bonds. The number of nitrogen functional groups attached to an aromatic ring is 1. The molecule has 0 bridgehead atoms. The van der Waals surface area contributed by atoms with Gasteiger partial charge in [-0.15, -0.1) is 0 Å². The van der Waals surface area contributed by atoms with Crippen LogP contribution in [0.4, 0.5) is 5.00 Å². The number of carbonyl (C=O) groups is 3. The molecule has 8 nitrogen and oxygen atoms in total. The number of carboxylic acids is 2. The van der Waals surface area contributed by atoms with Crippen molar-refractivity contribution in [3.8, 4) is 0 Å². The van der Waals surface area contributed by atoms with Gasteiger partial charge in [-0.2, -0.15) is 0 Å². The van der Waals surface area contributed by atoms with E-state index in [9.17, 15) is 14.4 Å². The molecule has 5 N–H and O–H groups in total. The zero-order valence-corrected chi connectivity index (χ0v) is 9.94. The van der Waals surface area contributed by atoms with E-state index in [1.807, 2.05) is 0 Å². The zero-order chi connectivity index (χ0) is 13.7. The monoisotopic (exact) mass is 273 g/mol. The normalized spacial score (nSPS) is 11.8. The minimum absolute atomic E-state index is 0.0362. The maximum absolute atomic E-state index is 11.6. The van der Waals surface area contributed by atoms with Crippen LogP contribution in [0.5, 0.6) is 0 Å². The molecule has 0 aliphatic heterocycles. The van der Waals surface area contributed by atoms with Crippen molar-refractivity contribution in [2.24, 2.45) is 0 Å². The Kier molecular flexibility index (Phi) is 4.60. The Hall–Kier alpha value is -2.16. The van der Waals surface area contributed by atoms with Crippen LogP contribution in [0.15, 0.2) is 6.20 Å². The highest BCUT2D eigenvalue weighted by atomic mass is 32.1. The average molecular weight is 273 g/mol. The van der Waals surface area contributed by atoms with E-state index in [0.29, 0.717) is 5.00 Å². The highest BCUT2D eigenvalue weighted by Crippen LogP contribution is 2.14. The van der Waals surface area contributed by atoms with Crippen LogP contribution in [0.2, 0.25) is 0 Å². The van der Waals surface area contributed by atoms with E-state index in [1.54, 1.807) is 0 Å². The van der Waals surface area contributed by atoms with Crippen LogP contribution in [0.3, 0.4) is 0 Å². The molecule has 0 radical (unpaired) electrons. The molecule has 0 aliphatic carbocycles. The number of thiazole rings is 1. The number of hydrogen-bond acceptors (Lipinski definition) is 6. The van der Waals surface area contributed by atoms with Crippen LogP contribution in [-0.2, 0) is 9.59 Å². The lowest BCUT2D eigenvalue weighted by molar-refractivity contribution is -0.140. The van der Waals surface area contributed by atoms with Crippen molar-refractivity contribution in [3.63, 3.8) is 0 Å². The Labute approximate surface area is 105 Å². The van der Waals surface area contributed by atoms with Gasteiger partial charge in [-0.05, 0) is 6.42 Å². The van der Waals surface area contributed by atoms with E-state index >= 15 is 0 Å². The first-order chi connectivity index (χ1) is 8.40. The van der Waals surface area contributed by atoms with Gasteiger partial charge in [-0.25, -0.2) is 9.78 Å². The van der Waals surface area contributed by atoms with Gasteiger partial charge in [0, 0.05) is 6.42 Å². The largest absolute Gasteiger partial charge is 0.481 e. The van der Waals surface area contributed by atoms with E-state index in [2.05, 4.69) is 10.3 Å². The molecule has 0 aliphatic rings. The standard InChI is InChI=1S/C9H11N3O5S/c10-5-3-11-8(18-5)7(15)12-4(9(16)17)1-2-6(13)14/h3-4H,1-2,10H2,(H,12,15)(H,13,14)(H,16,17)/t4-/m0/s1. The van der Waals surface area contributed by atoms with Gasteiger partial charge in [0.2, 0.25) is 0 Å². The first-order valence-corrected chi connectivity index (χ1v) is 5.68. The van der Waals surface area contributed by atoms with Crippen LogP contribution in [-0.4, -0.2) is 39.1 Å². The van der Waals surface area contributed by atoms with Crippen molar-refractivity contribution in [1.82, 2.24) is 10.3 Å². The minimum Gasteiger partial charge on any atom is -0.481 e. The number of nitrogens with two attached hydrogens (primary N) is 1. The van der Waals surface area contributed by atoms with Gasteiger partial charge in [0.15, 0.2) is 5.01 Å². The van der Waals surface area contributed by atoms with Crippen LogP contribution < -0.4 is 11.1 Å². The molecule has 1 heterocycles. The summed E-state index contributed by atoms with van der Waals surface area (Å²) < 4.78 is 0. The molecule has 98 valence electrons. The molecule has 0 spiro atoms. The van der Waals surface area contributed by atoms with Gasteiger partial charge in [0.05, 0.1) is 6.20 Å². The molecular weight excluding hydrogens is 262 g/mol. The number of aromatic nitrogens is 1. The maximum Gasteiger partial charge on any atom is 0.326 e. The maximum atomic E-state index is 11.6. The number of nitrogens with zero attached hydrogens (tertiary/aromatic N) is 1. The molecule has 1 aromatic rings. The molecule has 0 unspecified atom stereocenters. The molecule has 0 saturated carbocycles. The van der Waals surface area contributed by atoms with E-state index < -0.39 is 23.9 Å². The predicted octanol–water partition coefficient (Wildman–Crippen LogP) is -0.227. The molecule has 0 saturated heterocycles. The number of carboxylic acid groups (broad SMARTS) is 2. The first kappa shape index (κ1) is 13.9. The Bertz CT molecular complexity index is 473. The molecule has 0 fully saturated rings. The smallest absolute Gasteiger partial charge is 0.326 e. The van der Waals surface area contributed by atoms with Crippen LogP contribution >= 0.6 is 11.3 Å². The number of carbonyl (C=O) groups excluding carboxylic acids is 1. The molecule has 9 heteroatoms. The predicted molar refractivity (Wildman–Crippen MR) is 62.3 cm³/mol. The molecular formula is C9H11N3O5S. The number of rotatable bonds is 6. The molecule has 1 atom stereocenters. The van der Waals surface area contributed by atoms with Crippen molar-refractivity contribution in [2.45, 2.75) is 18.9 Å². The number of amides is 1. The minimum atomic E-state index is -1.30. The lowest BCUT2D eigenvalue weighted by Crippen LogP contribution is -2.41. The zero-order valence-electron chi connectivity index (χ0n) is 9.12. The molecule has 18 heavy (non-hydrogen) atoms. The summed E-state index contributed by atoms with van der Waals surface area (Å²) in [6, 6.07) is -1.27. The Morgan fingerprint density at radius 1 is 1.44 bits per heavy atom. The number of anilines is 1. The first-order valence-electron chi connectivity index (χ1n) is 4.87. The summed E-state index contributed by atoms with van der Waals surface area (Å²) in [5, 5.41) is 19.9. The van der Waals surface area contributed by atoms with Crippen molar-refractivity contribution >= 4 is 34.2 Å². The van der Waals surface area contributed by atoms with E-state index in [0.717, 1.165) is 11.3 Å². The summed E-state index contributed by atoms with van der Waals surface area (Å²) >= 11 is 0.919. The third-order valence-electron chi connectivity index (χ3n) is 1.97. The lowest BCUT2D eigenvalue weighted by Gasteiger charge is -2.11. The van der Waals surface area contributed by atoms with Crippen molar-refractivity contribution < 1.29 is 24.6 Å². The number of aliphatic carboxylic acids is 2. The second kappa shape index (κ2) is 5.96. The van der Waals surface area contributed by atoms with Crippen LogP contribution in [0.25, 0.3) is 0 Å². The van der Waals surface area contributed by atoms with E-state index in [4.69, 9.17) is 15.9 Å². The van der Waals surface area contributed by atoms with E-state index in [-0.39, 0.29) is 17.8 Å². The van der Waals surface area contributed by atoms with E-state index in [1.165, 1.54) is 6.20 Å². The van der Waals surface area contributed by atoms with Crippen molar-refractivity contribution in [1.29, 1.82) is 0 Å². The summed E-state index contributed by atoms with van der Waals surface area (Å²) in [6.45, 7) is 0. The summed E-state index contributed by atoms with van der Waals surface area (Å²) in [4.78, 5) is 36.5. The van der Waals surface area contributed by atoms with Gasteiger partial charge in [-0.1, -0.05) is 11.3 Å². The van der Waals surface area contributed by atoms with Gasteiger partial charge in [0.25, 0.3) is 5.91 Å². The summed E-state index contributed by atoms with van der Waals surface area (Å²) in [5.41, 5.74) is 5.39. The molecule has 1 rings (SSSR count). The third kappa shape index (κ3) is 4.01. The second-order valence-corrected chi connectivity index (χ2v) is 4.43. The van der Waals surface area contributed by atoms with Crippen molar-refractivity contribution in [3.05, 3.63) is 11.2 Å². The highest BCUT2D eigenvalue weighted by Gasteiger charge is 2.22. The molecule has 1 aromatic heterocycles. The topological polar surface area (TPSA) is 143 Å². The van der Waals surface area contributed by atoms with Gasteiger partial charge in [-0.3, -0.25) is 9.59 Å². The van der Waals surface area contributed by atoms with Gasteiger partial charge in [0.1, 0.15) is 11.0 Å². The fraction of sp³-hybridized carbons (Fsp3) is 0.333. The fourth-order valence-corrected chi connectivity index (χ4v) is 1.72. The van der Waals surface area contributed by atoms with Crippen LogP contribution in [0, 0.1) is 0 Å².